The first-order valence-corrected chi connectivity index (χ1v) is 6.87. The van der Waals surface area contributed by atoms with Gasteiger partial charge in [0, 0.05) is 0 Å². The van der Waals surface area contributed by atoms with Gasteiger partial charge in [-0.3, -0.25) is 0 Å². The number of nitrogens with zero attached hydrogens (tertiary/aromatic N) is 3. The van der Waals surface area contributed by atoms with E-state index in [1.807, 2.05) is 17.5 Å². The highest BCUT2D eigenvalue weighted by atomic mass is 32.1. The fraction of sp³-hybridized carbons (Fsp3) is 0.143. The number of nitrogens with two attached hydrogens (primary N) is 1. The highest BCUT2D eigenvalue weighted by Crippen LogP contribution is 2.29. The smallest absolute Gasteiger partial charge is 0.156 e. The zero-order valence-corrected chi connectivity index (χ0v) is 11.6. The summed E-state index contributed by atoms with van der Waals surface area (Å²) in [5.41, 5.74) is 10.2. The Labute approximate surface area is 115 Å². The van der Waals surface area contributed by atoms with Crippen molar-refractivity contribution in [2.45, 2.75) is 13.8 Å². The second kappa shape index (κ2) is 4.51. The van der Waals surface area contributed by atoms with Crippen LogP contribution in [0.25, 0.3) is 16.3 Å². The van der Waals surface area contributed by atoms with E-state index in [0.29, 0.717) is 5.82 Å². The van der Waals surface area contributed by atoms with Gasteiger partial charge in [-0.1, -0.05) is 17.3 Å². The van der Waals surface area contributed by atoms with Gasteiger partial charge in [0.1, 0.15) is 5.69 Å². The van der Waals surface area contributed by atoms with Crippen LogP contribution in [-0.2, 0) is 0 Å². The second-order valence-electron chi connectivity index (χ2n) is 4.56. The molecule has 0 radical (unpaired) electrons. The first-order chi connectivity index (χ1) is 9.15. The standard InChI is InChI=1S/C14H14N4S/c1-9-6-10(2)8-11(7-9)18-14(15)13(16-17-18)12-4-3-5-19-12/h3-8H,15H2,1-2H3. The number of hydrogen-bond acceptors (Lipinski definition) is 4. The summed E-state index contributed by atoms with van der Waals surface area (Å²) >= 11 is 1.61. The third kappa shape index (κ3) is 2.13. The van der Waals surface area contributed by atoms with E-state index in [4.69, 9.17) is 5.73 Å². The summed E-state index contributed by atoms with van der Waals surface area (Å²) < 4.78 is 1.69. The molecule has 19 heavy (non-hydrogen) atoms. The number of thiophene rings is 1. The van der Waals surface area contributed by atoms with Crippen LogP contribution in [0.1, 0.15) is 11.1 Å². The largest absolute Gasteiger partial charge is 0.382 e. The van der Waals surface area contributed by atoms with Gasteiger partial charge >= 0.3 is 0 Å². The van der Waals surface area contributed by atoms with Crippen molar-refractivity contribution in [3.63, 3.8) is 0 Å². The second-order valence-corrected chi connectivity index (χ2v) is 5.51. The molecule has 0 aliphatic carbocycles. The molecule has 0 unspecified atom stereocenters. The molecule has 96 valence electrons. The Morgan fingerprint density at radius 3 is 2.53 bits per heavy atom. The number of rotatable bonds is 2. The van der Waals surface area contributed by atoms with E-state index >= 15 is 0 Å². The Kier molecular flexibility index (Phi) is 2.83. The molecule has 5 heteroatoms. The molecule has 4 nitrogen and oxygen atoms in total. The minimum Gasteiger partial charge on any atom is -0.382 e. The van der Waals surface area contributed by atoms with E-state index in [2.05, 4.69) is 42.4 Å². The molecule has 0 saturated heterocycles. The van der Waals surface area contributed by atoms with Crippen LogP contribution in [0.3, 0.4) is 0 Å². The summed E-state index contributed by atoms with van der Waals surface area (Å²) in [6.45, 7) is 4.12. The molecule has 2 N–H and O–H groups in total. The molecule has 2 heterocycles. The van der Waals surface area contributed by atoms with Crippen LogP contribution in [0.2, 0.25) is 0 Å². The summed E-state index contributed by atoms with van der Waals surface area (Å²) in [7, 11) is 0. The van der Waals surface area contributed by atoms with Gasteiger partial charge < -0.3 is 5.73 Å². The van der Waals surface area contributed by atoms with E-state index in [1.54, 1.807) is 16.0 Å². The maximum Gasteiger partial charge on any atom is 0.156 e. The summed E-state index contributed by atoms with van der Waals surface area (Å²) in [5, 5.41) is 10.4. The fourth-order valence-electron chi connectivity index (χ4n) is 2.14. The van der Waals surface area contributed by atoms with E-state index in [1.165, 1.54) is 11.1 Å². The molecule has 0 fully saturated rings. The predicted molar refractivity (Wildman–Crippen MR) is 78.6 cm³/mol. The van der Waals surface area contributed by atoms with Crippen LogP contribution < -0.4 is 5.73 Å². The Morgan fingerprint density at radius 2 is 1.89 bits per heavy atom. The third-order valence-electron chi connectivity index (χ3n) is 2.91. The molecule has 0 saturated carbocycles. The number of aryl methyl sites for hydroxylation is 2. The van der Waals surface area contributed by atoms with Crippen molar-refractivity contribution in [3.05, 3.63) is 46.8 Å². The topological polar surface area (TPSA) is 56.7 Å². The monoisotopic (exact) mass is 270 g/mol. The van der Waals surface area contributed by atoms with Crippen LogP contribution in [0.5, 0.6) is 0 Å². The van der Waals surface area contributed by atoms with Gasteiger partial charge in [0.25, 0.3) is 0 Å². The molecule has 0 aliphatic heterocycles. The Morgan fingerprint density at radius 1 is 1.16 bits per heavy atom. The zero-order chi connectivity index (χ0) is 13.4. The quantitative estimate of drug-likeness (QED) is 0.778. The molecule has 0 aliphatic rings. The van der Waals surface area contributed by atoms with Crippen molar-refractivity contribution in [1.29, 1.82) is 0 Å². The maximum absolute atomic E-state index is 6.17. The Hall–Kier alpha value is -2.14. The van der Waals surface area contributed by atoms with Crippen molar-refractivity contribution < 1.29 is 0 Å². The van der Waals surface area contributed by atoms with Crippen molar-refractivity contribution in [2.75, 3.05) is 5.73 Å². The maximum atomic E-state index is 6.17. The first kappa shape index (κ1) is 11.9. The van der Waals surface area contributed by atoms with Gasteiger partial charge in [0.15, 0.2) is 5.82 Å². The minimum atomic E-state index is 0.576. The van der Waals surface area contributed by atoms with Crippen molar-refractivity contribution >= 4 is 17.2 Å². The summed E-state index contributed by atoms with van der Waals surface area (Å²) in [6, 6.07) is 10.2. The molecule has 0 atom stereocenters. The van der Waals surface area contributed by atoms with Gasteiger partial charge in [-0.05, 0) is 48.6 Å². The molecular weight excluding hydrogens is 256 g/mol. The number of benzene rings is 1. The van der Waals surface area contributed by atoms with Gasteiger partial charge in [-0.2, -0.15) is 4.68 Å². The minimum absolute atomic E-state index is 0.576. The van der Waals surface area contributed by atoms with Gasteiger partial charge in [-0.15, -0.1) is 16.4 Å². The van der Waals surface area contributed by atoms with Crippen LogP contribution in [-0.4, -0.2) is 15.0 Å². The SMILES string of the molecule is Cc1cc(C)cc(-n2nnc(-c3cccs3)c2N)c1. The Bertz CT molecular complexity index is 693. The Balaban J connectivity index is 2.12. The summed E-state index contributed by atoms with van der Waals surface area (Å²) in [5.74, 6) is 0.576. The van der Waals surface area contributed by atoms with Crippen LogP contribution >= 0.6 is 11.3 Å². The molecule has 0 bridgehead atoms. The van der Waals surface area contributed by atoms with Crippen LogP contribution in [0.4, 0.5) is 5.82 Å². The average Bonchev–Trinajstić information content (AvgIpc) is 2.96. The van der Waals surface area contributed by atoms with E-state index in [9.17, 15) is 0 Å². The molecule has 0 amide bonds. The van der Waals surface area contributed by atoms with Gasteiger partial charge in [-0.25, -0.2) is 0 Å². The normalized spacial score (nSPS) is 10.8. The van der Waals surface area contributed by atoms with Gasteiger partial charge in [0.2, 0.25) is 0 Å². The van der Waals surface area contributed by atoms with Gasteiger partial charge in [0.05, 0.1) is 10.6 Å². The number of hydrogen-bond donors (Lipinski definition) is 1. The lowest BCUT2D eigenvalue weighted by molar-refractivity contribution is 0.809. The number of aromatic nitrogens is 3. The molecule has 3 aromatic rings. The predicted octanol–water partition coefficient (Wildman–Crippen LogP) is 3.19. The zero-order valence-electron chi connectivity index (χ0n) is 10.8. The number of nitrogen functional groups attached to an aromatic ring is 1. The van der Waals surface area contributed by atoms with E-state index in [0.717, 1.165) is 16.3 Å². The van der Waals surface area contributed by atoms with E-state index in [-0.39, 0.29) is 0 Å². The molecule has 1 aromatic carbocycles. The van der Waals surface area contributed by atoms with E-state index < -0.39 is 0 Å². The molecule has 0 spiro atoms. The lowest BCUT2D eigenvalue weighted by atomic mass is 10.1. The van der Waals surface area contributed by atoms with Crippen LogP contribution in [0, 0.1) is 13.8 Å². The molecule has 2 aromatic heterocycles. The van der Waals surface area contributed by atoms with Crippen molar-refractivity contribution in [2.24, 2.45) is 0 Å². The molecule has 3 rings (SSSR count). The van der Waals surface area contributed by atoms with Crippen LogP contribution in [0.15, 0.2) is 35.7 Å². The molecular formula is C14H14N4S. The summed E-state index contributed by atoms with van der Waals surface area (Å²) in [6.07, 6.45) is 0. The fourth-order valence-corrected chi connectivity index (χ4v) is 2.86. The number of anilines is 1. The highest BCUT2D eigenvalue weighted by molar-refractivity contribution is 7.13. The third-order valence-corrected chi connectivity index (χ3v) is 3.79. The van der Waals surface area contributed by atoms with Crippen molar-refractivity contribution in [3.8, 4) is 16.3 Å². The highest BCUT2D eigenvalue weighted by Gasteiger charge is 2.13. The average molecular weight is 270 g/mol. The van der Waals surface area contributed by atoms with Crippen molar-refractivity contribution in [1.82, 2.24) is 15.0 Å². The summed E-state index contributed by atoms with van der Waals surface area (Å²) in [4.78, 5) is 1.04. The first-order valence-electron chi connectivity index (χ1n) is 5.99. The lowest BCUT2D eigenvalue weighted by Crippen LogP contribution is -2.03. The lowest BCUT2D eigenvalue weighted by Gasteiger charge is -2.06.